The van der Waals surface area contributed by atoms with Crippen LogP contribution in [0.3, 0.4) is 0 Å². The minimum absolute atomic E-state index is 0.0644. The fraction of sp³-hybridized carbons (Fsp3) is 0.562. The Morgan fingerprint density at radius 1 is 1.08 bits per heavy atom. The predicted octanol–water partition coefficient (Wildman–Crippen LogP) is 0.157. The molecular weight excluding hydrogens is 332 g/mol. The van der Waals surface area contributed by atoms with Crippen LogP contribution in [0.2, 0.25) is 0 Å². The number of aliphatic carboxylic acids is 1. The topological polar surface area (TPSA) is 130 Å². The van der Waals surface area contributed by atoms with Crippen molar-refractivity contribution in [1.29, 1.82) is 0 Å². The second-order valence-electron chi connectivity index (χ2n) is 6.13. The molecule has 3 amide bonds. The van der Waals surface area contributed by atoms with Gasteiger partial charge in [-0.2, -0.15) is 0 Å². The molecule has 2 N–H and O–H groups in total. The van der Waals surface area contributed by atoms with Gasteiger partial charge < -0.3 is 15.3 Å². The molecule has 0 aromatic carbocycles. The van der Waals surface area contributed by atoms with E-state index in [1.165, 1.54) is 0 Å². The summed E-state index contributed by atoms with van der Waals surface area (Å²) in [5, 5.41) is 11.6. The second-order valence-corrected chi connectivity index (χ2v) is 6.13. The predicted molar refractivity (Wildman–Crippen MR) is 82.4 cm³/mol. The van der Waals surface area contributed by atoms with E-state index in [-0.39, 0.29) is 24.7 Å². The van der Waals surface area contributed by atoms with Crippen molar-refractivity contribution in [3.8, 4) is 0 Å². The Kier molecular flexibility index (Phi) is 6.26. The number of carboxylic acids is 1. The summed E-state index contributed by atoms with van der Waals surface area (Å²) in [5.74, 6) is -3.43. The van der Waals surface area contributed by atoms with Gasteiger partial charge in [0, 0.05) is 31.5 Å². The lowest BCUT2D eigenvalue weighted by atomic mass is 9.82. The van der Waals surface area contributed by atoms with Gasteiger partial charge in [0.2, 0.25) is 5.91 Å². The minimum Gasteiger partial charge on any atom is -0.478 e. The number of carbonyl (C=O) groups is 5. The summed E-state index contributed by atoms with van der Waals surface area (Å²) in [6.45, 7) is 0.396. The number of amides is 3. The summed E-state index contributed by atoms with van der Waals surface area (Å²) in [6, 6.07) is 0. The monoisotopic (exact) mass is 352 g/mol. The zero-order valence-electron chi connectivity index (χ0n) is 13.6. The average Bonchev–Trinajstić information content (AvgIpc) is 2.90. The molecule has 2 fully saturated rings. The number of hydrogen-bond donors (Lipinski definition) is 2. The molecule has 0 atom stereocenters. The van der Waals surface area contributed by atoms with Gasteiger partial charge in [-0.1, -0.05) is 0 Å². The summed E-state index contributed by atoms with van der Waals surface area (Å²) in [6.07, 6.45) is 4.30. The van der Waals surface area contributed by atoms with E-state index >= 15 is 0 Å². The SMILES string of the molecule is O=C(O)/C=C\C(=O)NCC1CCC(C(=O)ON2C(=O)CCC2=O)CC1. The number of hydrogen-bond acceptors (Lipinski definition) is 6. The van der Waals surface area contributed by atoms with Gasteiger partial charge in [0.15, 0.2) is 0 Å². The van der Waals surface area contributed by atoms with Crippen LogP contribution in [0.25, 0.3) is 0 Å². The van der Waals surface area contributed by atoms with E-state index in [2.05, 4.69) is 5.32 Å². The van der Waals surface area contributed by atoms with E-state index in [1.807, 2.05) is 0 Å². The maximum atomic E-state index is 12.1. The van der Waals surface area contributed by atoms with Gasteiger partial charge in [-0.25, -0.2) is 9.59 Å². The van der Waals surface area contributed by atoms with Gasteiger partial charge in [0.05, 0.1) is 5.92 Å². The third-order valence-corrected chi connectivity index (χ3v) is 4.31. The van der Waals surface area contributed by atoms with Crippen LogP contribution in [0, 0.1) is 11.8 Å². The first-order chi connectivity index (χ1) is 11.9. The first-order valence-corrected chi connectivity index (χ1v) is 8.13. The Balaban J connectivity index is 1.71. The van der Waals surface area contributed by atoms with Crippen molar-refractivity contribution in [2.24, 2.45) is 11.8 Å². The van der Waals surface area contributed by atoms with Crippen molar-refractivity contribution >= 4 is 29.7 Å². The lowest BCUT2D eigenvalue weighted by Crippen LogP contribution is -2.36. The first-order valence-electron chi connectivity index (χ1n) is 8.13. The number of carboxylic acid groups (broad SMARTS) is 1. The lowest BCUT2D eigenvalue weighted by Gasteiger charge is -2.27. The standard InChI is InChI=1S/C16H20N2O7/c19-12(5-8-15(22)23)17-9-10-1-3-11(4-2-10)16(24)25-18-13(20)6-7-14(18)21/h5,8,10-11H,1-4,6-7,9H2,(H,17,19)(H,22,23)/b8-5-. The fourth-order valence-corrected chi connectivity index (χ4v) is 2.88. The molecule has 1 heterocycles. The first kappa shape index (κ1) is 18.6. The van der Waals surface area contributed by atoms with Crippen LogP contribution in [0.1, 0.15) is 38.5 Å². The van der Waals surface area contributed by atoms with E-state index in [4.69, 9.17) is 9.94 Å². The molecule has 0 radical (unpaired) electrons. The van der Waals surface area contributed by atoms with Gasteiger partial charge in [0.25, 0.3) is 11.8 Å². The maximum Gasteiger partial charge on any atom is 0.336 e. The van der Waals surface area contributed by atoms with Crippen LogP contribution < -0.4 is 5.32 Å². The molecule has 2 aliphatic rings. The molecule has 0 aromatic heterocycles. The Bertz CT molecular complexity index is 590. The molecule has 0 bridgehead atoms. The molecule has 136 valence electrons. The lowest BCUT2D eigenvalue weighted by molar-refractivity contribution is -0.201. The number of imide groups is 1. The molecule has 1 aliphatic heterocycles. The highest BCUT2D eigenvalue weighted by Gasteiger charge is 2.36. The molecule has 0 unspecified atom stereocenters. The average molecular weight is 352 g/mol. The third kappa shape index (κ3) is 5.40. The van der Waals surface area contributed by atoms with Crippen molar-refractivity contribution in [2.45, 2.75) is 38.5 Å². The number of carbonyl (C=O) groups excluding carboxylic acids is 4. The van der Waals surface area contributed by atoms with Crippen LogP contribution >= 0.6 is 0 Å². The van der Waals surface area contributed by atoms with Crippen LogP contribution in [-0.2, 0) is 28.8 Å². The number of rotatable bonds is 6. The molecule has 1 saturated heterocycles. The molecule has 1 aliphatic carbocycles. The molecule has 25 heavy (non-hydrogen) atoms. The van der Waals surface area contributed by atoms with E-state index in [0.717, 1.165) is 12.2 Å². The molecular formula is C16H20N2O7. The van der Waals surface area contributed by atoms with Crippen LogP contribution in [0.4, 0.5) is 0 Å². The normalized spacial score (nSPS) is 23.8. The summed E-state index contributed by atoms with van der Waals surface area (Å²) in [7, 11) is 0. The summed E-state index contributed by atoms with van der Waals surface area (Å²) < 4.78 is 0. The number of hydroxylamine groups is 2. The van der Waals surface area contributed by atoms with Gasteiger partial charge in [0.1, 0.15) is 0 Å². The highest BCUT2D eigenvalue weighted by Crippen LogP contribution is 2.30. The second kappa shape index (κ2) is 8.41. The fourth-order valence-electron chi connectivity index (χ4n) is 2.88. The Hall–Kier alpha value is -2.71. The largest absolute Gasteiger partial charge is 0.478 e. The van der Waals surface area contributed by atoms with Crippen LogP contribution in [0.15, 0.2) is 12.2 Å². The van der Waals surface area contributed by atoms with E-state index in [1.54, 1.807) is 0 Å². The summed E-state index contributed by atoms with van der Waals surface area (Å²) >= 11 is 0. The molecule has 9 heteroatoms. The third-order valence-electron chi connectivity index (χ3n) is 4.31. The van der Waals surface area contributed by atoms with Gasteiger partial charge in [-0.05, 0) is 31.6 Å². The Morgan fingerprint density at radius 3 is 2.24 bits per heavy atom. The van der Waals surface area contributed by atoms with Crippen molar-refractivity contribution in [2.75, 3.05) is 6.54 Å². The summed E-state index contributed by atoms with van der Waals surface area (Å²) in [4.78, 5) is 61.6. The molecule has 2 rings (SSSR count). The van der Waals surface area contributed by atoms with E-state index in [9.17, 15) is 24.0 Å². The van der Waals surface area contributed by atoms with Crippen molar-refractivity contribution < 1.29 is 33.9 Å². The number of nitrogens with one attached hydrogen (secondary N) is 1. The molecule has 0 spiro atoms. The van der Waals surface area contributed by atoms with Crippen LogP contribution in [-0.4, -0.2) is 46.4 Å². The van der Waals surface area contributed by atoms with Crippen molar-refractivity contribution in [3.05, 3.63) is 12.2 Å². The zero-order valence-corrected chi connectivity index (χ0v) is 13.6. The van der Waals surface area contributed by atoms with Gasteiger partial charge in [-0.3, -0.25) is 14.4 Å². The van der Waals surface area contributed by atoms with E-state index in [0.29, 0.717) is 37.3 Å². The highest BCUT2D eigenvalue weighted by atomic mass is 16.7. The van der Waals surface area contributed by atoms with E-state index < -0.39 is 29.7 Å². The smallest absolute Gasteiger partial charge is 0.336 e. The molecule has 9 nitrogen and oxygen atoms in total. The Labute approximate surface area is 143 Å². The van der Waals surface area contributed by atoms with Crippen molar-refractivity contribution in [1.82, 2.24) is 10.4 Å². The maximum absolute atomic E-state index is 12.1. The van der Waals surface area contributed by atoms with Crippen LogP contribution in [0.5, 0.6) is 0 Å². The minimum atomic E-state index is -1.19. The summed E-state index contributed by atoms with van der Waals surface area (Å²) in [5.41, 5.74) is 0. The van der Waals surface area contributed by atoms with Crippen molar-refractivity contribution in [3.63, 3.8) is 0 Å². The zero-order chi connectivity index (χ0) is 18.4. The highest BCUT2D eigenvalue weighted by molar-refractivity contribution is 6.01. The van der Waals surface area contributed by atoms with Gasteiger partial charge in [-0.15, -0.1) is 5.06 Å². The Morgan fingerprint density at radius 2 is 1.68 bits per heavy atom. The molecule has 0 aromatic rings. The number of nitrogens with zero attached hydrogens (tertiary/aromatic N) is 1. The van der Waals surface area contributed by atoms with Gasteiger partial charge >= 0.3 is 11.9 Å². The quantitative estimate of drug-likeness (QED) is 0.514. The molecule has 1 saturated carbocycles.